The molecule has 0 radical (unpaired) electrons. The Hall–Kier alpha value is -1.94. The fraction of sp³-hybridized carbons (Fsp3) is 0.949. The van der Waals surface area contributed by atoms with E-state index in [1.807, 2.05) is 0 Å². The van der Waals surface area contributed by atoms with Gasteiger partial charge in [0.1, 0.15) is 19.3 Å². The Morgan fingerprint density at radius 2 is 0.490 bits per heavy atom. The van der Waals surface area contributed by atoms with Crippen molar-refractivity contribution in [1.29, 1.82) is 0 Å². The SMILES string of the molecule is CCC(C)CCCCCCCCC(=O)OC[C@H](COP(=O)(O)OC[C@H](O)COP(=O)(O)OC[C@@H](COC(=O)CCCCCCCCCC(C)C)OC(=O)CCCCCCCCCCCCCCCCCCCCC(C)C)OC(=O)CCCCCCCCCCCCCCCCC(C)C. The average molecular weight is 1440 g/mol. The maximum Gasteiger partial charge on any atom is 0.472 e. The molecule has 0 aliphatic rings. The van der Waals surface area contributed by atoms with E-state index in [2.05, 4.69) is 55.4 Å². The van der Waals surface area contributed by atoms with E-state index in [0.29, 0.717) is 31.6 Å². The summed E-state index contributed by atoms with van der Waals surface area (Å²) < 4.78 is 68.6. The highest BCUT2D eigenvalue weighted by atomic mass is 31.2. The van der Waals surface area contributed by atoms with Crippen LogP contribution in [-0.4, -0.2) is 96.7 Å². The third-order valence-electron chi connectivity index (χ3n) is 18.7. The topological polar surface area (TPSA) is 237 Å². The zero-order valence-corrected chi connectivity index (χ0v) is 66.2. The lowest BCUT2D eigenvalue weighted by Crippen LogP contribution is -2.30. The van der Waals surface area contributed by atoms with E-state index in [-0.39, 0.29) is 25.7 Å². The molecule has 0 bridgehead atoms. The predicted molar refractivity (Wildman–Crippen MR) is 400 cm³/mol. The van der Waals surface area contributed by atoms with Crippen molar-refractivity contribution in [2.24, 2.45) is 23.7 Å². The van der Waals surface area contributed by atoms with Gasteiger partial charge < -0.3 is 33.8 Å². The zero-order valence-electron chi connectivity index (χ0n) is 64.4. The number of phosphoric ester groups is 2. The lowest BCUT2D eigenvalue weighted by atomic mass is 10.00. The standard InChI is InChI=1S/C79H154O17P2/c1-9-72(8)58-50-42-37-38-44-52-60-77(82)90-66-75(96-79(84)62-54-46-35-29-25-21-17-16-19-23-27-32-40-48-56-70(4)5)68-94-98(87,88)92-64-73(80)63-91-97(85,86)93-67-74(65-89-76(81)59-51-43-36-30-33-41-49-57-71(6)7)95-78(83)61-53-45-34-28-24-20-15-13-11-10-12-14-18-22-26-31-39-47-55-69(2)3/h69-75,80H,9-68H2,1-8H3,(H,85,86)(H,87,88)/t72?,73-,74-,75-/m1/s1. The summed E-state index contributed by atoms with van der Waals surface area (Å²) >= 11 is 0. The number of unbranched alkanes of at least 4 members (excludes halogenated alkanes) is 41. The van der Waals surface area contributed by atoms with Crippen LogP contribution in [0.5, 0.6) is 0 Å². The second-order valence-corrected chi connectivity index (χ2v) is 33.0. The molecular weight excluding hydrogens is 1280 g/mol. The molecule has 0 saturated heterocycles. The van der Waals surface area contributed by atoms with Gasteiger partial charge in [-0.2, -0.15) is 0 Å². The first-order valence-electron chi connectivity index (χ1n) is 40.7. The van der Waals surface area contributed by atoms with Gasteiger partial charge in [0.15, 0.2) is 12.2 Å². The van der Waals surface area contributed by atoms with Crippen molar-refractivity contribution in [1.82, 2.24) is 0 Å². The fourth-order valence-corrected chi connectivity index (χ4v) is 13.6. The lowest BCUT2D eigenvalue weighted by molar-refractivity contribution is -0.161. The molecule has 0 aliphatic heterocycles. The highest BCUT2D eigenvalue weighted by Crippen LogP contribution is 2.45. The lowest BCUT2D eigenvalue weighted by Gasteiger charge is -2.21. The van der Waals surface area contributed by atoms with E-state index < -0.39 is 97.5 Å². The second kappa shape index (κ2) is 68.2. The molecule has 0 saturated carbocycles. The molecule has 0 rings (SSSR count). The van der Waals surface area contributed by atoms with E-state index in [9.17, 15) is 43.2 Å². The van der Waals surface area contributed by atoms with Crippen LogP contribution in [0.1, 0.15) is 402 Å². The van der Waals surface area contributed by atoms with Gasteiger partial charge in [-0.05, 0) is 49.4 Å². The van der Waals surface area contributed by atoms with Crippen LogP contribution in [0, 0.1) is 23.7 Å². The monoisotopic (exact) mass is 1440 g/mol. The molecule has 3 unspecified atom stereocenters. The molecular formula is C79H154O17P2. The second-order valence-electron chi connectivity index (χ2n) is 30.1. The molecule has 6 atom stereocenters. The first-order chi connectivity index (χ1) is 47.1. The molecule has 0 aromatic carbocycles. The van der Waals surface area contributed by atoms with Gasteiger partial charge in [0.2, 0.25) is 0 Å². The number of phosphoric acid groups is 2. The van der Waals surface area contributed by atoms with Gasteiger partial charge in [0, 0.05) is 25.7 Å². The third kappa shape index (κ3) is 71.1. The van der Waals surface area contributed by atoms with E-state index in [4.69, 9.17) is 37.0 Å². The molecule has 0 spiro atoms. The Morgan fingerprint density at radius 3 is 0.724 bits per heavy atom. The third-order valence-corrected chi connectivity index (χ3v) is 20.6. The molecule has 0 aromatic heterocycles. The van der Waals surface area contributed by atoms with Crippen LogP contribution in [0.25, 0.3) is 0 Å². The van der Waals surface area contributed by atoms with Gasteiger partial charge in [0.25, 0.3) is 0 Å². The van der Waals surface area contributed by atoms with Crippen LogP contribution in [0.15, 0.2) is 0 Å². The number of esters is 4. The summed E-state index contributed by atoms with van der Waals surface area (Å²) in [6.07, 6.45) is 54.3. The average Bonchev–Trinajstić information content (AvgIpc) is 1.09. The Bertz CT molecular complexity index is 1920. The minimum Gasteiger partial charge on any atom is -0.462 e. The quantitative estimate of drug-likeness (QED) is 0.0222. The Morgan fingerprint density at radius 1 is 0.286 bits per heavy atom. The number of hydrogen-bond acceptors (Lipinski definition) is 15. The van der Waals surface area contributed by atoms with Gasteiger partial charge in [-0.15, -0.1) is 0 Å². The van der Waals surface area contributed by atoms with Crippen molar-refractivity contribution in [2.45, 2.75) is 420 Å². The van der Waals surface area contributed by atoms with Crippen LogP contribution >= 0.6 is 15.6 Å². The highest BCUT2D eigenvalue weighted by molar-refractivity contribution is 7.47. The molecule has 0 fully saturated rings. The van der Waals surface area contributed by atoms with Crippen molar-refractivity contribution in [3.63, 3.8) is 0 Å². The van der Waals surface area contributed by atoms with Crippen molar-refractivity contribution in [3.05, 3.63) is 0 Å². The van der Waals surface area contributed by atoms with E-state index in [1.165, 1.54) is 193 Å². The summed E-state index contributed by atoms with van der Waals surface area (Å²) in [7, 11) is -9.92. The minimum atomic E-state index is -4.96. The number of aliphatic hydroxyl groups excluding tert-OH is 1. The number of aliphatic hydroxyl groups is 1. The van der Waals surface area contributed by atoms with Gasteiger partial charge >= 0.3 is 39.5 Å². The van der Waals surface area contributed by atoms with Crippen LogP contribution in [0.3, 0.4) is 0 Å². The number of hydrogen-bond donors (Lipinski definition) is 3. The summed E-state index contributed by atoms with van der Waals surface area (Å²) in [4.78, 5) is 72.9. The maximum absolute atomic E-state index is 13.1. The number of rotatable bonds is 76. The Kier molecular flexibility index (Phi) is 66.8. The smallest absolute Gasteiger partial charge is 0.462 e. The van der Waals surface area contributed by atoms with E-state index >= 15 is 0 Å². The molecule has 0 heterocycles. The van der Waals surface area contributed by atoms with E-state index in [1.54, 1.807) is 0 Å². The van der Waals surface area contributed by atoms with Gasteiger partial charge in [-0.3, -0.25) is 37.3 Å². The maximum atomic E-state index is 13.1. The van der Waals surface area contributed by atoms with Crippen LogP contribution < -0.4 is 0 Å². The van der Waals surface area contributed by atoms with Crippen molar-refractivity contribution in [3.8, 4) is 0 Å². The van der Waals surface area contributed by atoms with Crippen LogP contribution in [0.2, 0.25) is 0 Å². The largest absolute Gasteiger partial charge is 0.472 e. The van der Waals surface area contributed by atoms with E-state index in [0.717, 1.165) is 120 Å². The molecule has 17 nitrogen and oxygen atoms in total. The normalized spacial score (nSPS) is 14.3. The highest BCUT2D eigenvalue weighted by Gasteiger charge is 2.30. The van der Waals surface area contributed by atoms with Gasteiger partial charge in [-0.1, -0.05) is 351 Å². The zero-order chi connectivity index (χ0) is 72.4. The number of carbonyl (C=O) groups excluding carboxylic acids is 4. The molecule has 98 heavy (non-hydrogen) atoms. The molecule has 0 aromatic rings. The number of carbonyl (C=O) groups is 4. The van der Waals surface area contributed by atoms with Crippen LogP contribution in [0.4, 0.5) is 0 Å². The van der Waals surface area contributed by atoms with Crippen molar-refractivity contribution >= 4 is 39.5 Å². The van der Waals surface area contributed by atoms with Crippen LogP contribution in [-0.2, 0) is 65.4 Å². The summed E-state index contributed by atoms with van der Waals surface area (Å²) in [5, 5.41) is 10.6. The summed E-state index contributed by atoms with van der Waals surface area (Å²) in [6.45, 7) is 14.2. The molecule has 19 heteroatoms. The van der Waals surface area contributed by atoms with Crippen molar-refractivity contribution < 1.29 is 80.2 Å². The molecule has 582 valence electrons. The summed E-state index contributed by atoms with van der Waals surface area (Å²) in [5.41, 5.74) is 0. The first-order valence-corrected chi connectivity index (χ1v) is 43.7. The Labute approximate surface area is 600 Å². The summed E-state index contributed by atoms with van der Waals surface area (Å²) in [6, 6.07) is 0. The number of ether oxygens (including phenoxy) is 4. The summed E-state index contributed by atoms with van der Waals surface area (Å²) in [5.74, 6) is 0.931. The molecule has 3 N–H and O–H groups in total. The Balaban J connectivity index is 5.18. The van der Waals surface area contributed by atoms with Crippen molar-refractivity contribution in [2.75, 3.05) is 39.6 Å². The molecule has 0 aliphatic carbocycles. The minimum absolute atomic E-state index is 0.106. The first kappa shape index (κ1) is 96.1. The predicted octanol–water partition coefficient (Wildman–Crippen LogP) is 23.2. The van der Waals surface area contributed by atoms with Gasteiger partial charge in [-0.25, -0.2) is 9.13 Å². The fourth-order valence-electron chi connectivity index (χ4n) is 12.0. The molecule has 0 amide bonds. The van der Waals surface area contributed by atoms with Gasteiger partial charge in [0.05, 0.1) is 26.4 Å².